The van der Waals surface area contributed by atoms with Gasteiger partial charge in [0.15, 0.2) is 8.07 Å². The van der Waals surface area contributed by atoms with Crippen LogP contribution < -0.4 is 15.6 Å². The van der Waals surface area contributed by atoms with Crippen LogP contribution in [0.15, 0.2) is 91.0 Å². The zero-order chi connectivity index (χ0) is 20.3. The van der Waals surface area contributed by atoms with Crippen molar-refractivity contribution in [1.29, 1.82) is 0 Å². The van der Waals surface area contributed by atoms with E-state index >= 15 is 0 Å². The van der Waals surface area contributed by atoms with Gasteiger partial charge < -0.3 is 4.90 Å². The van der Waals surface area contributed by atoms with Gasteiger partial charge in [-0.3, -0.25) is 0 Å². The predicted octanol–water partition coefficient (Wildman–Crippen LogP) is 4.28. The minimum absolute atomic E-state index is 0.629. The van der Waals surface area contributed by atoms with Crippen molar-refractivity contribution in [3.63, 3.8) is 0 Å². The third kappa shape index (κ3) is 3.60. The van der Waals surface area contributed by atoms with Crippen molar-refractivity contribution in [3.8, 4) is 0 Å². The number of hydrogen-bond acceptors (Lipinski definition) is 1. The van der Waals surface area contributed by atoms with Gasteiger partial charge in [-0.15, -0.1) is 0 Å². The highest BCUT2D eigenvalue weighted by molar-refractivity contribution is 7.12. The van der Waals surface area contributed by atoms with E-state index in [0.29, 0.717) is 17.5 Å². The van der Waals surface area contributed by atoms with Crippen molar-refractivity contribution < 1.29 is 0 Å². The van der Waals surface area contributed by atoms with Crippen LogP contribution >= 0.6 is 0 Å². The van der Waals surface area contributed by atoms with E-state index in [4.69, 9.17) is 0 Å². The predicted molar refractivity (Wildman–Crippen MR) is 128 cm³/mol. The smallest absolute Gasteiger partial charge is 0.151 e. The third-order valence-electron chi connectivity index (χ3n) is 7.08. The SMILES string of the molecule is CCN1CC(C)C([Si](c2ccccc2)(c2ccccc2)c2ccccc2)CC1C. The summed E-state index contributed by atoms with van der Waals surface area (Å²) in [5.41, 5.74) is 0.674. The maximum Gasteiger partial charge on any atom is 0.151 e. The molecule has 0 N–H and O–H groups in total. The number of hydrogen-bond donors (Lipinski definition) is 0. The lowest BCUT2D eigenvalue weighted by molar-refractivity contribution is 0.131. The molecule has 0 bridgehead atoms. The van der Waals surface area contributed by atoms with Crippen molar-refractivity contribution in [2.75, 3.05) is 13.1 Å². The molecule has 29 heavy (non-hydrogen) atoms. The van der Waals surface area contributed by atoms with Crippen molar-refractivity contribution in [3.05, 3.63) is 91.0 Å². The van der Waals surface area contributed by atoms with Gasteiger partial charge in [-0.25, -0.2) is 0 Å². The van der Waals surface area contributed by atoms with Gasteiger partial charge >= 0.3 is 0 Å². The van der Waals surface area contributed by atoms with E-state index in [1.54, 1.807) is 15.6 Å². The topological polar surface area (TPSA) is 3.24 Å². The van der Waals surface area contributed by atoms with Crippen molar-refractivity contribution in [2.45, 2.75) is 38.8 Å². The Bertz CT molecular complexity index is 797. The average molecular weight is 400 g/mol. The van der Waals surface area contributed by atoms with Gasteiger partial charge in [0.25, 0.3) is 0 Å². The Kier molecular flexibility index (Phi) is 6.03. The zero-order valence-electron chi connectivity index (χ0n) is 18.0. The van der Waals surface area contributed by atoms with Crippen LogP contribution in [0.3, 0.4) is 0 Å². The molecule has 2 heteroatoms. The second kappa shape index (κ2) is 8.69. The Hall–Kier alpha value is -2.16. The fourth-order valence-corrected chi connectivity index (χ4v) is 11.8. The molecule has 3 unspecified atom stereocenters. The Labute approximate surface area is 177 Å². The number of nitrogens with zero attached hydrogens (tertiary/aromatic N) is 1. The van der Waals surface area contributed by atoms with Crippen LogP contribution in [0, 0.1) is 5.92 Å². The summed E-state index contributed by atoms with van der Waals surface area (Å²) < 4.78 is 0. The molecule has 1 nitrogen and oxygen atoms in total. The Morgan fingerprint density at radius 3 is 1.52 bits per heavy atom. The summed E-state index contributed by atoms with van der Waals surface area (Å²) in [7, 11) is -2.20. The van der Waals surface area contributed by atoms with Crippen LogP contribution in [0.5, 0.6) is 0 Å². The molecule has 150 valence electrons. The highest BCUT2D eigenvalue weighted by Gasteiger charge is 2.50. The summed E-state index contributed by atoms with van der Waals surface area (Å²) in [6.07, 6.45) is 1.26. The number of piperidine rings is 1. The molecule has 1 heterocycles. The van der Waals surface area contributed by atoms with Crippen molar-refractivity contribution in [2.24, 2.45) is 5.92 Å². The summed E-state index contributed by atoms with van der Waals surface area (Å²) >= 11 is 0. The second-order valence-electron chi connectivity index (χ2n) is 8.66. The lowest BCUT2D eigenvalue weighted by Crippen LogP contribution is -2.72. The van der Waals surface area contributed by atoms with Gasteiger partial charge in [0, 0.05) is 12.6 Å². The number of benzene rings is 3. The highest BCUT2D eigenvalue weighted by atomic mass is 28.3. The van der Waals surface area contributed by atoms with Gasteiger partial charge in [-0.2, -0.15) is 0 Å². The molecule has 1 fully saturated rings. The van der Waals surface area contributed by atoms with Crippen molar-refractivity contribution >= 4 is 23.6 Å². The normalized spacial score (nSPS) is 23.1. The molecule has 0 aromatic heterocycles. The second-order valence-corrected chi connectivity index (χ2v) is 12.8. The molecule has 0 spiro atoms. The molecule has 1 aliphatic heterocycles. The van der Waals surface area contributed by atoms with Crippen LogP contribution in [0.4, 0.5) is 0 Å². The van der Waals surface area contributed by atoms with Gasteiger partial charge in [0.05, 0.1) is 0 Å². The maximum atomic E-state index is 2.67. The maximum absolute atomic E-state index is 2.67. The fraction of sp³-hybridized carbons (Fsp3) is 0.333. The molecule has 0 aliphatic carbocycles. The first-order chi connectivity index (χ1) is 14.2. The minimum Gasteiger partial charge on any atom is -0.301 e. The molecule has 1 saturated heterocycles. The van der Waals surface area contributed by atoms with Gasteiger partial charge in [-0.1, -0.05) is 105 Å². The van der Waals surface area contributed by atoms with E-state index in [1.165, 1.54) is 13.0 Å². The van der Waals surface area contributed by atoms with E-state index in [0.717, 1.165) is 6.54 Å². The Morgan fingerprint density at radius 2 is 1.14 bits per heavy atom. The van der Waals surface area contributed by atoms with Crippen LogP contribution in [-0.2, 0) is 0 Å². The first-order valence-corrected chi connectivity index (χ1v) is 13.2. The van der Waals surface area contributed by atoms with Crippen LogP contribution in [-0.4, -0.2) is 32.1 Å². The molecular weight excluding hydrogens is 366 g/mol. The van der Waals surface area contributed by atoms with E-state index in [2.05, 4.69) is 117 Å². The average Bonchev–Trinajstić information content (AvgIpc) is 2.78. The van der Waals surface area contributed by atoms with Crippen LogP contribution in [0.2, 0.25) is 5.54 Å². The van der Waals surface area contributed by atoms with E-state index in [9.17, 15) is 0 Å². The van der Waals surface area contributed by atoms with E-state index < -0.39 is 8.07 Å². The molecule has 0 saturated carbocycles. The summed E-state index contributed by atoms with van der Waals surface area (Å²) in [6.45, 7) is 9.58. The standard InChI is InChI=1S/C27H33NSi/c1-4-28-21-22(2)27(20-23(28)3)29(24-14-8-5-9-15-24,25-16-10-6-11-17-25)26-18-12-7-13-19-26/h5-19,22-23,27H,4,20-21H2,1-3H3. The monoisotopic (exact) mass is 399 g/mol. The molecular formula is C27H33NSi. The first-order valence-electron chi connectivity index (χ1n) is 11.1. The van der Waals surface area contributed by atoms with Gasteiger partial charge in [-0.05, 0) is 46.9 Å². The Balaban J connectivity index is 1.98. The molecule has 0 amide bonds. The van der Waals surface area contributed by atoms with E-state index in [1.807, 2.05) is 0 Å². The number of likely N-dealkylation sites (tertiary alicyclic amines) is 1. The molecule has 3 atom stereocenters. The van der Waals surface area contributed by atoms with Gasteiger partial charge in [0.1, 0.15) is 0 Å². The lowest BCUT2D eigenvalue weighted by Gasteiger charge is -2.50. The first kappa shape index (κ1) is 20.1. The van der Waals surface area contributed by atoms with Crippen molar-refractivity contribution in [1.82, 2.24) is 4.90 Å². The van der Waals surface area contributed by atoms with Crippen LogP contribution in [0.25, 0.3) is 0 Å². The molecule has 0 radical (unpaired) electrons. The molecule has 3 aromatic rings. The zero-order valence-corrected chi connectivity index (χ0v) is 19.0. The van der Waals surface area contributed by atoms with Gasteiger partial charge in [0.2, 0.25) is 0 Å². The largest absolute Gasteiger partial charge is 0.301 e. The third-order valence-corrected chi connectivity index (χ3v) is 12.7. The van der Waals surface area contributed by atoms with E-state index in [-0.39, 0.29) is 0 Å². The lowest BCUT2D eigenvalue weighted by atomic mass is 9.94. The summed E-state index contributed by atoms with van der Waals surface area (Å²) in [4.78, 5) is 2.67. The fourth-order valence-electron chi connectivity index (χ4n) is 5.72. The Morgan fingerprint density at radius 1 is 0.724 bits per heavy atom. The molecule has 3 aromatic carbocycles. The van der Waals surface area contributed by atoms with Crippen LogP contribution in [0.1, 0.15) is 27.2 Å². The quantitative estimate of drug-likeness (QED) is 0.457. The highest BCUT2D eigenvalue weighted by Crippen LogP contribution is 2.39. The minimum atomic E-state index is -2.20. The summed E-state index contributed by atoms with van der Waals surface area (Å²) in [5, 5.41) is 4.64. The summed E-state index contributed by atoms with van der Waals surface area (Å²) in [6, 6.07) is 34.9. The molecule has 1 aliphatic rings. The molecule has 4 rings (SSSR count). The number of rotatable bonds is 5. The summed E-state index contributed by atoms with van der Waals surface area (Å²) in [5.74, 6) is 0.665.